The van der Waals surface area contributed by atoms with Crippen LogP contribution in [-0.4, -0.2) is 40.5 Å². The summed E-state index contributed by atoms with van der Waals surface area (Å²) in [5.41, 5.74) is 3.60. The Hall–Kier alpha value is -3.66. The fraction of sp³-hybridized carbons (Fsp3) is 0.261. The van der Waals surface area contributed by atoms with Crippen molar-refractivity contribution in [1.29, 1.82) is 0 Å². The van der Waals surface area contributed by atoms with Crippen LogP contribution in [0.3, 0.4) is 0 Å². The topological polar surface area (TPSA) is 78.8 Å². The Kier molecular flexibility index (Phi) is 6.19. The van der Waals surface area contributed by atoms with E-state index in [0.29, 0.717) is 23.4 Å². The van der Waals surface area contributed by atoms with Crippen molar-refractivity contribution >= 4 is 23.2 Å². The number of aliphatic hydroxyl groups is 1. The van der Waals surface area contributed by atoms with Crippen molar-refractivity contribution in [2.24, 2.45) is 0 Å². The highest BCUT2D eigenvalue weighted by atomic mass is 19.4. The minimum absolute atomic E-state index is 0.0147. The van der Waals surface area contributed by atoms with Gasteiger partial charge >= 0.3 is 18.2 Å². The molecule has 0 aliphatic carbocycles. The van der Waals surface area contributed by atoms with Gasteiger partial charge in [-0.15, -0.1) is 0 Å². The van der Waals surface area contributed by atoms with E-state index in [1.807, 2.05) is 31.2 Å². The van der Waals surface area contributed by atoms with Crippen molar-refractivity contribution in [1.82, 2.24) is 9.97 Å². The van der Waals surface area contributed by atoms with Crippen LogP contribution in [0.25, 0.3) is 0 Å². The number of rotatable bonds is 6. The highest BCUT2D eigenvalue weighted by Gasteiger charge is 2.35. The molecule has 0 fully saturated rings. The zero-order valence-corrected chi connectivity index (χ0v) is 17.7. The summed E-state index contributed by atoms with van der Waals surface area (Å²) in [4.78, 5) is 24.4. The lowest BCUT2D eigenvalue weighted by Gasteiger charge is -2.36. The highest BCUT2D eigenvalue weighted by Crippen LogP contribution is 2.36. The van der Waals surface area contributed by atoms with E-state index in [9.17, 15) is 18.0 Å². The van der Waals surface area contributed by atoms with E-state index in [2.05, 4.69) is 9.97 Å². The zero-order valence-electron chi connectivity index (χ0n) is 17.7. The molecule has 7 nitrogen and oxygen atoms in total. The summed E-state index contributed by atoms with van der Waals surface area (Å²) < 4.78 is 42.5. The number of fused-ring (bicyclic) bond motifs is 1. The van der Waals surface area contributed by atoms with E-state index in [1.54, 1.807) is 29.2 Å². The number of carbonyl (C=O) groups excluding carboxylic acids is 1. The third-order valence-corrected chi connectivity index (χ3v) is 5.09. The molecule has 0 radical (unpaired) electrons. The minimum atomic E-state index is -4.54. The Labute approximate surface area is 188 Å². The number of aromatic nitrogens is 2. The predicted octanol–water partition coefficient (Wildman–Crippen LogP) is 4.54. The summed E-state index contributed by atoms with van der Waals surface area (Å²) in [6.45, 7) is 0.535. The smallest absolute Gasteiger partial charge is 0.422 e. The van der Waals surface area contributed by atoms with E-state index < -0.39 is 24.8 Å². The van der Waals surface area contributed by atoms with Gasteiger partial charge in [-0.2, -0.15) is 18.2 Å². The summed E-state index contributed by atoms with van der Waals surface area (Å²) in [5.74, 6) is 0.158. The van der Waals surface area contributed by atoms with Gasteiger partial charge in [-0.3, -0.25) is 4.90 Å². The van der Waals surface area contributed by atoms with Crippen molar-refractivity contribution in [2.45, 2.75) is 26.1 Å². The van der Waals surface area contributed by atoms with Gasteiger partial charge in [-0.1, -0.05) is 29.8 Å². The van der Waals surface area contributed by atoms with Crippen LogP contribution in [0.1, 0.15) is 16.7 Å². The third kappa shape index (κ3) is 5.06. The molecule has 2 amide bonds. The summed E-state index contributed by atoms with van der Waals surface area (Å²) >= 11 is 0. The molecule has 0 saturated heterocycles. The molecule has 4 rings (SSSR count). The molecule has 1 N–H and O–H groups in total. The van der Waals surface area contributed by atoms with E-state index in [1.165, 1.54) is 11.1 Å². The number of aryl methyl sites for hydroxylation is 1. The largest absolute Gasteiger partial charge is 0.454 e. The molecule has 0 atom stereocenters. The average Bonchev–Trinajstić information content (AvgIpc) is 2.78. The molecule has 0 unspecified atom stereocenters. The molecule has 2 aromatic carbocycles. The molecule has 1 aromatic heterocycles. The molecule has 2 heterocycles. The van der Waals surface area contributed by atoms with Gasteiger partial charge in [-0.05, 0) is 43.2 Å². The normalized spacial score (nSPS) is 13.8. The van der Waals surface area contributed by atoms with Crippen molar-refractivity contribution in [3.63, 3.8) is 0 Å². The van der Waals surface area contributed by atoms with Gasteiger partial charge in [0.1, 0.15) is 0 Å². The number of alkyl halides is 3. The number of benzene rings is 2. The standard InChI is InChI=1S/C23H21F3N4O3/c1-15-2-6-18(7-3-15)29-13-17-12-27-21(33-14-23(24,25)26)28-20(17)30(22(29)32)19-8-4-16(5-9-19)10-11-31/h2-9,12,31H,10-11,13-14H2,1H3. The molecule has 1 aliphatic heterocycles. The molecule has 0 spiro atoms. The fourth-order valence-electron chi connectivity index (χ4n) is 3.45. The maximum absolute atomic E-state index is 13.5. The van der Waals surface area contributed by atoms with Crippen molar-refractivity contribution in [3.05, 3.63) is 71.4 Å². The number of carbonyl (C=O) groups is 1. The number of amides is 2. The predicted molar refractivity (Wildman–Crippen MR) is 116 cm³/mol. The maximum atomic E-state index is 13.5. The Morgan fingerprint density at radius 1 is 1.06 bits per heavy atom. The first kappa shape index (κ1) is 22.5. The molecule has 0 saturated carbocycles. The van der Waals surface area contributed by atoms with Gasteiger partial charge in [0.25, 0.3) is 0 Å². The van der Waals surface area contributed by atoms with E-state index in [0.717, 1.165) is 11.1 Å². The lowest BCUT2D eigenvalue weighted by molar-refractivity contribution is -0.154. The first-order valence-electron chi connectivity index (χ1n) is 10.2. The number of halogens is 3. The first-order valence-corrected chi connectivity index (χ1v) is 10.2. The second kappa shape index (κ2) is 9.07. The minimum Gasteiger partial charge on any atom is -0.454 e. The number of hydrogen-bond acceptors (Lipinski definition) is 5. The summed E-state index contributed by atoms with van der Waals surface area (Å²) in [5, 5.41) is 9.15. The number of hydrogen-bond donors (Lipinski definition) is 1. The lowest BCUT2D eigenvalue weighted by atomic mass is 10.1. The zero-order chi connectivity index (χ0) is 23.6. The molecular weight excluding hydrogens is 437 g/mol. The number of anilines is 3. The molecule has 33 heavy (non-hydrogen) atoms. The molecule has 10 heteroatoms. The van der Waals surface area contributed by atoms with Crippen molar-refractivity contribution in [2.75, 3.05) is 23.0 Å². The third-order valence-electron chi connectivity index (χ3n) is 5.09. The van der Waals surface area contributed by atoms with E-state index >= 15 is 0 Å². The van der Waals surface area contributed by atoms with Crippen LogP contribution >= 0.6 is 0 Å². The van der Waals surface area contributed by atoms with Crippen molar-refractivity contribution < 1.29 is 27.8 Å². The monoisotopic (exact) mass is 458 g/mol. The van der Waals surface area contributed by atoms with E-state index in [-0.39, 0.29) is 19.0 Å². The van der Waals surface area contributed by atoms with Crippen LogP contribution in [-0.2, 0) is 13.0 Å². The highest BCUT2D eigenvalue weighted by molar-refractivity contribution is 6.10. The SMILES string of the molecule is Cc1ccc(N2Cc3cnc(OCC(F)(F)F)nc3N(c3ccc(CCO)cc3)C2=O)cc1. The number of ether oxygens (including phenoxy) is 1. The quantitative estimate of drug-likeness (QED) is 0.587. The Morgan fingerprint density at radius 3 is 2.36 bits per heavy atom. The summed E-state index contributed by atoms with van der Waals surface area (Å²) in [6.07, 6.45) is -2.72. The van der Waals surface area contributed by atoms with Crippen LogP contribution in [0.15, 0.2) is 54.7 Å². The lowest BCUT2D eigenvalue weighted by Crippen LogP contribution is -2.45. The van der Waals surface area contributed by atoms with Crippen molar-refractivity contribution in [3.8, 4) is 6.01 Å². The van der Waals surface area contributed by atoms with Crippen LogP contribution < -0.4 is 14.5 Å². The summed E-state index contributed by atoms with van der Waals surface area (Å²) in [6, 6.07) is 13.5. The van der Waals surface area contributed by atoms with Gasteiger partial charge < -0.3 is 9.84 Å². The van der Waals surface area contributed by atoms with Gasteiger partial charge in [0.15, 0.2) is 12.4 Å². The Bertz CT molecular complexity index is 1140. The molecular formula is C23H21F3N4O3. The second-order valence-corrected chi connectivity index (χ2v) is 7.59. The average molecular weight is 458 g/mol. The Balaban J connectivity index is 1.75. The number of urea groups is 1. The fourth-order valence-corrected chi connectivity index (χ4v) is 3.45. The van der Waals surface area contributed by atoms with Gasteiger partial charge in [0.2, 0.25) is 0 Å². The van der Waals surface area contributed by atoms with Crippen LogP contribution in [0.4, 0.5) is 35.2 Å². The molecule has 1 aliphatic rings. The second-order valence-electron chi connectivity index (χ2n) is 7.59. The van der Waals surface area contributed by atoms with Crippen LogP contribution in [0, 0.1) is 6.92 Å². The number of nitrogens with zero attached hydrogens (tertiary/aromatic N) is 4. The first-order chi connectivity index (χ1) is 15.7. The number of aliphatic hydroxyl groups excluding tert-OH is 1. The van der Waals surface area contributed by atoms with E-state index in [4.69, 9.17) is 9.84 Å². The van der Waals surface area contributed by atoms with Gasteiger partial charge in [0, 0.05) is 24.1 Å². The van der Waals surface area contributed by atoms with Crippen LogP contribution in [0.5, 0.6) is 6.01 Å². The van der Waals surface area contributed by atoms with Gasteiger partial charge in [-0.25, -0.2) is 14.7 Å². The summed E-state index contributed by atoms with van der Waals surface area (Å²) in [7, 11) is 0. The molecule has 172 valence electrons. The molecule has 3 aromatic rings. The maximum Gasteiger partial charge on any atom is 0.422 e. The Morgan fingerprint density at radius 2 is 1.73 bits per heavy atom. The van der Waals surface area contributed by atoms with Gasteiger partial charge in [0.05, 0.1) is 12.2 Å². The van der Waals surface area contributed by atoms with Crippen LogP contribution in [0.2, 0.25) is 0 Å². The molecule has 0 bridgehead atoms.